The average Bonchev–Trinajstić information content (AvgIpc) is 2.62. The highest BCUT2D eigenvalue weighted by Crippen LogP contribution is 2.35. The quantitative estimate of drug-likeness (QED) is 0.468. The number of aromatic nitrogens is 1. The first-order valence-corrected chi connectivity index (χ1v) is 9.07. The Balaban J connectivity index is 2.59. The van der Waals surface area contributed by atoms with Gasteiger partial charge in [0.05, 0.1) is 22.7 Å². The van der Waals surface area contributed by atoms with Crippen molar-refractivity contribution in [1.29, 1.82) is 0 Å². The molecule has 0 N–H and O–H groups in total. The normalized spacial score (nSPS) is 13.3. The third kappa shape index (κ3) is 4.83. The van der Waals surface area contributed by atoms with Crippen LogP contribution in [0.5, 0.6) is 5.75 Å². The van der Waals surface area contributed by atoms with Crippen LogP contribution >= 0.6 is 11.8 Å². The van der Waals surface area contributed by atoms with E-state index < -0.39 is 4.92 Å². The van der Waals surface area contributed by atoms with Crippen molar-refractivity contribution >= 4 is 33.3 Å². The van der Waals surface area contributed by atoms with E-state index in [9.17, 15) is 10.1 Å². The van der Waals surface area contributed by atoms with Gasteiger partial charge >= 0.3 is 0 Å². The second-order valence-corrected chi connectivity index (χ2v) is 6.54. The topological polar surface area (TPSA) is 74.5 Å². The zero-order valence-corrected chi connectivity index (χ0v) is 16.1. The lowest BCUT2D eigenvalue weighted by molar-refractivity contribution is -0.384. The van der Waals surface area contributed by atoms with Gasteiger partial charge in [-0.05, 0) is 32.2 Å². The second kappa shape index (κ2) is 9.35. The number of non-ortho nitro benzene ring substituents is 1. The van der Waals surface area contributed by atoms with Crippen LogP contribution in [-0.4, -0.2) is 29.7 Å². The summed E-state index contributed by atoms with van der Waals surface area (Å²) < 4.78 is 11.1. The highest BCUT2D eigenvalue weighted by Gasteiger charge is 2.16. The number of ether oxygens (including phenoxy) is 2. The number of rotatable bonds is 8. The summed E-state index contributed by atoms with van der Waals surface area (Å²) >= 11 is 1.56. The van der Waals surface area contributed by atoms with Crippen LogP contribution < -0.4 is 4.74 Å². The zero-order valence-electron chi connectivity index (χ0n) is 15.3. The molecule has 26 heavy (non-hydrogen) atoms. The number of hydrogen-bond donors (Lipinski definition) is 0. The SMILES string of the molecule is C/C=C\S/C(=C\C)c1cc(OC(C)COC)c2cc([N+](=O)[O-])ccc2n1. The number of fused-ring (bicyclic) bond motifs is 1. The molecule has 1 aromatic heterocycles. The third-order valence-electron chi connectivity index (χ3n) is 3.54. The van der Waals surface area contributed by atoms with Crippen molar-refractivity contribution in [2.45, 2.75) is 26.9 Å². The van der Waals surface area contributed by atoms with E-state index in [2.05, 4.69) is 4.98 Å². The molecule has 0 fully saturated rings. The summed E-state index contributed by atoms with van der Waals surface area (Å²) in [6.07, 6.45) is 3.73. The summed E-state index contributed by atoms with van der Waals surface area (Å²) in [5.41, 5.74) is 1.41. The molecule has 0 saturated carbocycles. The van der Waals surface area contributed by atoms with Gasteiger partial charge in [-0.1, -0.05) is 23.9 Å². The van der Waals surface area contributed by atoms with Gasteiger partial charge in [-0.15, -0.1) is 0 Å². The largest absolute Gasteiger partial charge is 0.488 e. The fraction of sp³-hybridized carbons (Fsp3) is 0.316. The number of nitrogens with zero attached hydrogens (tertiary/aromatic N) is 2. The van der Waals surface area contributed by atoms with Crippen LogP contribution in [0.3, 0.4) is 0 Å². The molecule has 2 aromatic rings. The van der Waals surface area contributed by atoms with Crippen molar-refractivity contribution in [2.24, 2.45) is 0 Å². The number of benzene rings is 1. The first-order chi connectivity index (χ1) is 12.5. The number of pyridine rings is 1. The number of allylic oxidation sites excluding steroid dienone is 2. The Bertz CT molecular complexity index is 849. The molecule has 7 heteroatoms. The first-order valence-electron chi connectivity index (χ1n) is 8.19. The monoisotopic (exact) mass is 374 g/mol. The number of hydrogen-bond acceptors (Lipinski definition) is 6. The summed E-state index contributed by atoms with van der Waals surface area (Å²) in [5, 5.41) is 13.7. The van der Waals surface area contributed by atoms with E-state index in [1.807, 2.05) is 44.4 Å². The standard InChI is InChI=1S/C19H22N2O4S/c1-5-9-26-19(6-2)17-11-18(25-13(3)12-24-4)15-10-14(21(22)23)7-8-16(15)20-17/h5-11,13H,12H2,1-4H3/b9-5-,19-6-. The summed E-state index contributed by atoms with van der Waals surface area (Å²) in [5.74, 6) is 0.554. The van der Waals surface area contributed by atoms with Crippen molar-refractivity contribution < 1.29 is 14.4 Å². The van der Waals surface area contributed by atoms with E-state index in [1.165, 1.54) is 12.1 Å². The molecule has 1 heterocycles. The molecule has 1 atom stereocenters. The maximum Gasteiger partial charge on any atom is 0.270 e. The molecule has 138 valence electrons. The molecule has 2 rings (SSSR count). The van der Waals surface area contributed by atoms with Crippen LogP contribution in [0, 0.1) is 10.1 Å². The Morgan fingerprint density at radius 1 is 1.38 bits per heavy atom. The average molecular weight is 374 g/mol. The number of methoxy groups -OCH3 is 1. The summed E-state index contributed by atoms with van der Waals surface area (Å²) in [6.45, 7) is 6.20. The highest BCUT2D eigenvalue weighted by molar-refractivity contribution is 8.10. The predicted octanol–water partition coefficient (Wildman–Crippen LogP) is 5.18. The van der Waals surface area contributed by atoms with Crippen LogP contribution in [0.15, 0.2) is 41.8 Å². The van der Waals surface area contributed by atoms with Crippen LogP contribution in [0.1, 0.15) is 26.5 Å². The van der Waals surface area contributed by atoms with Gasteiger partial charge in [0, 0.05) is 35.6 Å². The molecule has 0 saturated heterocycles. The van der Waals surface area contributed by atoms with Gasteiger partial charge in [-0.2, -0.15) is 0 Å². The zero-order chi connectivity index (χ0) is 19.1. The molecular weight excluding hydrogens is 352 g/mol. The minimum absolute atomic E-state index is 0.00541. The van der Waals surface area contributed by atoms with Crippen LogP contribution in [0.25, 0.3) is 15.8 Å². The number of nitro benzene ring substituents is 1. The fourth-order valence-electron chi connectivity index (χ4n) is 2.42. The highest BCUT2D eigenvalue weighted by atomic mass is 32.2. The molecule has 0 amide bonds. The van der Waals surface area contributed by atoms with Gasteiger partial charge in [0.25, 0.3) is 5.69 Å². The molecular formula is C19H22N2O4S. The van der Waals surface area contributed by atoms with E-state index in [0.717, 1.165) is 10.6 Å². The lowest BCUT2D eigenvalue weighted by Crippen LogP contribution is -2.18. The molecule has 0 aliphatic rings. The lowest BCUT2D eigenvalue weighted by Gasteiger charge is -2.17. The molecule has 0 aliphatic heterocycles. The summed E-state index contributed by atoms with van der Waals surface area (Å²) in [6, 6.07) is 6.42. The lowest BCUT2D eigenvalue weighted by atomic mass is 10.1. The molecule has 1 aromatic carbocycles. The number of nitro groups is 1. The molecule has 0 radical (unpaired) electrons. The Kier molecular flexibility index (Phi) is 7.17. The fourth-order valence-corrected chi connectivity index (χ4v) is 3.07. The maximum absolute atomic E-state index is 11.1. The van der Waals surface area contributed by atoms with E-state index in [1.54, 1.807) is 24.9 Å². The Labute approximate surface area is 157 Å². The Hall–Kier alpha value is -2.38. The molecule has 6 nitrogen and oxygen atoms in total. The Morgan fingerprint density at radius 3 is 2.77 bits per heavy atom. The first kappa shape index (κ1) is 19.9. The van der Waals surface area contributed by atoms with Gasteiger partial charge in [-0.3, -0.25) is 10.1 Å². The second-order valence-electron chi connectivity index (χ2n) is 5.59. The van der Waals surface area contributed by atoms with E-state index in [0.29, 0.717) is 23.3 Å². The van der Waals surface area contributed by atoms with Crippen LogP contribution in [0.4, 0.5) is 5.69 Å². The van der Waals surface area contributed by atoms with Crippen molar-refractivity contribution in [3.8, 4) is 5.75 Å². The van der Waals surface area contributed by atoms with E-state index in [4.69, 9.17) is 9.47 Å². The summed E-state index contributed by atoms with van der Waals surface area (Å²) in [7, 11) is 1.60. The van der Waals surface area contributed by atoms with Gasteiger partial charge in [-0.25, -0.2) is 4.98 Å². The van der Waals surface area contributed by atoms with Gasteiger partial charge < -0.3 is 9.47 Å². The summed E-state index contributed by atoms with van der Waals surface area (Å²) in [4.78, 5) is 16.3. The smallest absolute Gasteiger partial charge is 0.270 e. The minimum Gasteiger partial charge on any atom is -0.488 e. The van der Waals surface area contributed by atoms with Gasteiger partial charge in [0.1, 0.15) is 11.9 Å². The van der Waals surface area contributed by atoms with Gasteiger partial charge in [0.2, 0.25) is 0 Å². The maximum atomic E-state index is 11.1. The van der Waals surface area contributed by atoms with Crippen molar-refractivity contribution in [3.63, 3.8) is 0 Å². The van der Waals surface area contributed by atoms with Crippen molar-refractivity contribution in [2.75, 3.05) is 13.7 Å². The van der Waals surface area contributed by atoms with Crippen molar-refractivity contribution in [3.05, 3.63) is 57.6 Å². The number of thioether (sulfide) groups is 1. The van der Waals surface area contributed by atoms with Crippen molar-refractivity contribution in [1.82, 2.24) is 4.98 Å². The molecule has 1 unspecified atom stereocenters. The Morgan fingerprint density at radius 2 is 2.15 bits per heavy atom. The molecule has 0 bridgehead atoms. The van der Waals surface area contributed by atoms with Crippen LogP contribution in [0.2, 0.25) is 0 Å². The van der Waals surface area contributed by atoms with Gasteiger partial charge in [0.15, 0.2) is 0 Å². The van der Waals surface area contributed by atoms with E-state index in [-0.39, 0.29) is 11.8 Å². The molecule has 0 aliphatic carbocycles. The third-order valence-corrected chi connectivity index (χ3v) is 4.65. The van der Waals surface area contributed by atoms with Crippen LogP contribution in [-0.2, 0) is 4.74 Å². The van der Waals surface area contributed by atoms with E-state index >= 15 is 0 Å². The predicted molar refractivity (Wildman–Crippen MR) is 106 cm³/mol. The minimum atomic E-state index is -0.422. The molecule has 0 spiro atoms.